The molecule has 0 aliphatic carbocycles. The molecule has 3 N–H and O–H groups in total. The molecule has 0 heterocycles. The molecule has 2 amide bonds. The number of hydrazone groups is 1. The third-order valence-electron chi connectivity index (χ3n) is 1.27. The second-order valence-corrected chi connectivity index (χ2v) is 2.36. The van der Waals surface area contributed by atoms with E-state index in [4.69, 9.17) is 15.2 Å². The van der Waals surface area contributed by atoms with Gasteiger partial charge >= 0.3 is 6.03 Å². The maximum Gasteiger partial charge on any atom is 0.332 e. The van der Waals surface area contributed by atoms with E-state index in [1.807, 2.05) is 13.8 Å². The highest BCUT2D eigenvalue weighted by atomic mass is 16.7. The maximum absolute atomic E-state index is 10.2. The summed E-state index contributed by atoms with van der Waals surface area (Å²) in [4.78, 5) is 10.2. The molecule has 0 radical (unpaired) electrons. The Hall–Kier alpha value is -1.14. The minimum absolute atomic E-state index is 0.316. The minimum Gasteiger partial charge on any atom is -0.353 e. The van der Waals surface area contributed by atoms with E-state index in [1.165, 1.54) is 6.21 Å². The molecule has 0 atom stereocenters. The van der Waals surface area contributed by atoms with Crippen LogP contribution < -0.4 is 11.2 Å². The number of nitrogens with zero attached hydrogens (tertiary/aromatic N) is 1. The van der Waals surface area contributed by atoms with Crippen molar-refractivity contribution in [2.45, 2.75) is 26.6 Å². The highest BCUT2D eigenvalue weighted by Crippen LogP contribution is 1.98. The van der Waals surface area contributed by atoms with E-state index >= 15 is 0 Å². The zero-order chi connectivity index (χ0) is 10.8. The number of rotatable bonds is 7. The van der Waals surface area contributed by atoms with Gasteiger partial charge < -0.3 is 15.2 Å². The van der Waals surface area contributed by atoms with Gasteiger partial charge in [-0.1, -0.05) is 0 Å². The Labute approximate surface area is 83.4 Å². The smallest absolute Gasteiger partial charge is 0.332 e. The molecule has 0 saturated heterocycles. The fraction of sp³-hybridized carbons (Fsp3) is 0.750. The van der Waals surface area contributed by atoms with E-state index < -0.39 is 6.03 Å². The molecule has 6 heteroatoms. The van der Waals surface area contributed by atoms with Crippen LogP contribution >= 0.6 is 0 Å². The average Bonchev–Trinajstić information content (AvgIpc) is 2.12. The van der Waals surface area contributed by atoms with Gasteiger partial charge in [0.05, 0.1) is 0 Å². The van der Waals surface area contributed by atoms with Gasteiger partial charge in [-0.2, -0.15) is 5.10 Å². The fourth-order valence-corrected chi connectivity index (χ4v) is 0.804. The molecule has 0 aromatic heterocycles. The molecule has 0 aromatic carbocycles. The van der Waals surface area contributed by atoms with Gasteiger partial charge in [-0.05, 0) is 13.8 Å². The van der Waals surface area contributed by atoms with Gasteiger partial charge in [0, 0.05) is 25.8 Å². The first-order valence-corrected chi connectivity index (χ1v) is 4.50. The zero-order valence-corrected chi connectivity index (χ0v) is 8.53. The molecular weight excluding hydrogens is 186 g/mol. The normalized spacial score (nSPS) is 11.1. The van der Waals surface area contributed by atoms with Crippen molar-refractivity contribution in [1.29, 1.82) is 0 Å². The van der Waals surface area contributed by atoms with Crippen molar-refractivity contribution in [2.75, 3.05) is 13.2 Å². The Bertz CT molecular complexity index is 179. The van der Waals surface area contributed by atoms with Crippen molar-refractivity contribution in [3.8, 4) is 0 Å². The van der Waals surface area contributed by atoms with Crippen LogP contribution in [0.2, 0.25) is 0 Å². The van der Waals surface area contributed by atoms with E-state index in [9.17, 15) is 4.79 Å². The number of primary amides is 1. The first-order valence-electron chi connectivity index (χ1n) is 4.50. The number of nitrogens with one attached hydrogen (secondary N) is 1. The van der Waals surface area contributed by atoms with Gasteiger partial charge in [-0.15, -0.1) is 0 Å². The molecule has 0 fully saturated rings. The Morgan fingerprint density at radius 1 is 1.50 bits per heavy atom. The number of ether oxygens (including phenoxy) is 2. The summed E-state index contributed by atoms with van der Waals surface area (Å²) in [6, 6.07) is -0.689. The minimum atomic E-state index is -0.689. The SMILES string of the molecule is CCOC(CC=NNC(N)=O)OCC. The van der Waals surface area contributed by atoms with Crippen molar-refractivity contribution in [1.82, 2.24) is 5.43 Å². The molecule has 6 nitrogen and oxygen atoms in total. The molecule has 0 rings (SSSR count). The molecule has 0 aliphatic heterocycles. The molecule has 0 aromatic rings. The summed E-state index contributed by atoms with van der Waals surface area (Å²) < 4.78 is 10.5. The number of amides is 2. The number of nitrogens with two attached hydrogens (primary N) is 1. The lowest BCUT2D eigenvalue weighted by atomic mass is 10.4. The summed E-state index contributed by atoms with van der Waals surface area (Å²) >= 11 is 0. The van der Waals surface area contributed by atoms with Crippen LogP contribution in [-0.2, 0) is 9.47 Å². The number of carbonyl (C=O) groups is 1. The highest BCUT2D eigenvalue weighted by Gasteiger charge is 2.04. The van der Waals surface area contributed by atoms with Crippen LogP contribution in [0.5, 0.6) is 0 Å². The van der Waals surface area contributed by atoms with Gasteiger partial charge in [0.2, 0.25) is 0 Å². The Balaban J connectivity index is 3.68. The lowest BCUT2D eigenvalue weighted by Crippen LogP contribution is -2.25. The average molecular weight is 203 g/mol. The van der Waals surface area contributed by atoms with E-state index in [1.54, 1.807) is 0 Å². The van der Waals surface area contributed by atoms with Crippen molar-refractivity contribution >= 4 is 12.2 Å². The molecule has 14 heavy (non-hydrogen) atoms. The van der Waals surface area contributed by atoms with E-state index in [2.05, 4.69) is 10.5 Å². The van der Waals surface area contributed by atoms with Crippen LogP contribution in [0.25, 0.3) is 0 Å². The molecule has 0 bridgehead atoms. The topological polar surface area (TPSA) is 85.9 Å². The second-order valence-electron chi connectivity index (χ2n) is 2.36. The molecule has 0 saturated carbocycles. The zero-order valence-electron chi connectivity index (χ0n) is 8.53. The Morgan fingerprint density at radius 2 is 2.07 bits per heavy atom. The molecule has 0 aliphatic rings. The van der Waals surface area contributed by atoms with Crippen molar-refractivity contribution in [3.05, 3.63) is 0 Å². The summed E-state index contributed by atoms with van der Waals surface area (Å²) in [6.45, 7) is 4.90. The first kappa shape index (κ1) is 12.9. The van der Waals surface area contributed by atoms with Crippen LogP contribution in [0.1, 0.15) is 20.3 Å². The van der Waals surface area contributed by atoms with Crippen LogP contribution in [0, 0.1) is 0 Å². The predicted octanol–water partition coefficient (Wildman–Crippen LogP) is 0.430. The van der Waals surface area contributed by atoms with Gasteiger partial charge in [0.15, 0.2) is 6.29 Å². The summed E-state index contributed by atoms with van der Waals surface area (Å²) in [5.41, 5.74) is 6.88. The molecular formula is C8H17N3O3. The largest absolute Gasteiger partial charge is 0.353 e. The molecule has 82 valence electrons. The van der Waals surface area contributed by atoms with Crippen molar-refractivity contribution in [3.63, 3.8) is 0 Å². The molecule has 0 unspecified atom stereocenters. The molecule has 0 spiro atoms. The van der Waals surface area contributed by atoms with Crippen molar-refractivity contribution in [2.24, 2.45) is 10.8 Å². The van der Waals surface area contributed by atoms with Gasteiger partial charge in [0.1, 0.15) is 0 Å². The summed E-state index contributed by atoms with van der Waals surface area (Å²) in [7, 11) is 0. The lowest BCUT2D eigenvalue weighted by Gasteiger charge is -2.13. The van der Waals surface area contributed by atoms with Gasteiger partial charge in [0.25, 0.3) is 0 Å². The third-order valence-corrected chi connectivity index (χ3v) is 1.27. The summed E-state index contributed by atoms with van der Waals surface area (Å²) in [5.74, 6) is 0. The Kier molecular flexibility index (Phi) is 7.77. The Morgan fingerprint density at radius 3 is 2.50 bits per heavy atom. The summed E-state index contributed by atoms with van der Waals surface area (Å²) in [6.07, 6.45) is 1.64. The van der Waals surface area contributed by atoms with E-state index in [-0.39, 0.29) is 6.29 Å². The third kappa shape index (κ3) is 7.51. The van der Waals surface area contributed by atoms with Crippen LogP contribution in [0.15, 0.2) is 5.10 Å². The number of hydrogen-bond donors (Lipinski definition) is 2. The quantitative estimate of drug-likeness (QED) is 0.357. The number of carbonyl (C=O) groups excluding carboxylic acids is 1. The van der Waals surface area contributed by atoms with Gasteiger partial charge in [-0.3, -0.25) is 0 Å². The number of hydrogen-bond acceptors (Lipinski definition) is 4. The second kappa shape index (κ2) is 8.46. The van der Waals surface area contributed by atoms with Crippen molar-refractivity contribution < 1.29 is 14.3 Å². The van der Waals surface area contributed by atoms with Crippen LogP contribution in [0.4, 0.5) is 4.79 Å². The predicted molar refractivity (Wildman–Crippen MR) is 52.9 cm³/mol. The van der Waals surface area contributed by atoms with Crippen LogP contribution in [-0.4, -0.2) is 31.7 Å². The first-order chi connectivity index (χ1) is 6.70. The lowest BCUT2D eigenvalue weighted by molar-refractivity contribution is -0.130. The summed E-state index contributed by atoms with van der Waals surface area (Å²) in [5, 5.41) is 3.57. The standard InChI is InChI=1S/C8H17N3O3/c1-3-13-7(14-4-2)5-6-10-11-8(9)12/h6-7H,3-5H2,1-2H3,(H3,9,11,12). The maximum atomic E-state index is 10.2. The number of urea groups is 1. The van der Waals surface area contributed by atoms with E-state index in [0.29, 0.717) is 19.6 Å². The van der Waals surface area contributed by atoms with Crippen LogP contribution in [0.3, 0.4) is 0 Å². The van der Waals surface area contributed by atoms with Gasteiger partial charge in [-0.25, -0.2) is 10.2 Å². The monoisotopic (exact) mass is 203 g/mol. The highest BCUT2D eigenvalue weighted by molar-refractivity contribution is 5.72. The fourth-order valence-electron chi connectivity index (χ4n) is 0.804. The van der Waals surface area contributed by atoms with E-state index in [0.717, 1.165) is 0 Å².